The first-order valence-corrected chi connectivity index (χ1v) is 7.91. The van der Waals surface area contributed by atoms with E-state index in [9.17, 15) is 9.18 Å². The number of halogens is 1. The number of benzene rings is 2. The van der Waals surface area contributed by atoms with Gasteiger partial charge in [-0.25, -0.2) is 4.39 Å². The molecule has 0 bridgehead atoms. The fraction of sp³-hybridized carbons (Fsp3) is 0.316. The molecule has 0 spiro atoms. The SMILES string of the molecule is Cc1ccc(CNC(=O)CCNCCc2ccccc2F)cc1. The minimum absolute atomic E-state index is 0.0176. The Labute approximate surface area is 136 Å². The molecule has 0 aromatic heterocycles. The smallest absolute Gasteiger partial charge is 0.221 e. The van der Waals surface area contributed by atoms with Crippen LogP contribution in [0.5, 0.6) is 0 Å². The molecule has 4 heteroatoms. The monoisotopic (exact) mass is 314 g/mol. The van der Waals surface area contributed by atoms with E-state index in [4.69, 9.17) is 0 Å². The molecule has 1 amide bonds. The summed E-state index contributed by atoms with van der Waals surface area (Å²) >= 11 is 0. The number of carbonyl (C=O) groups excluding carboxylic acids is 1. The molecule has 0 radical (unpaired) electrons. The minimum atomic E-state index is -0.176. The van der Waals surface area contributed by atoms with Crippen molar-refractivity contribution >= 4 is 5.91 Å². The van der Waals surface area contributed by atoms with Crippen molar-refractivity contribution in [3.63, 3.8) is 0 Å². The Morgan fingerprint density at radius 1 is 1.04 bits per heavy atom. The zero-order chi connectivity index (χ0) is 16.5. The quantitative estimate of drug-likeness (QED) is 0.736. The molecular weight excluding hydrogens is 291 g/mol. The number of hydrogen-bond acceptors (Lipinski definition) is 2. The van der Waals surface area contributed by atoms with Gasteiger partial charge in [0.1, 0.15) is 5.82 Å². The van der Waals surface area contributed by atoms with E-state index in [0.29, 0.717) is 38.0 Å². The molecule has 2 rings (SSSR count). The van der Waals surface area contributed by atoms with Gasteiger partial charge in [-0.05, 0) is 37.1 Å². The second-order valence-electron chi connectivity index (χ2n) is 5.60. The second-order valence-corrected chi connectivity index (χ2v) is 5.60. The standard InChI is InChI=1S/C19H23FN2O/c1-15-6-8-16(9-7-15)14-22-19(23)11-13-21-12-10-17-4-2-3-5-18(17)20/h2-9,21H,10-14H2,1H3,(H,22,23). The molecule has 2 aromatic carbocycles. The van der Waals surface area contributed by atoms with Crippen LogP contribution in [0.3, 0.4) is 0 Å². The maximum Gasteiger partial charge on any atom is 0.221 e. The molecule has 0 aliphatic rings. The second kappa shape index (κ2) is 9.06. The highest BCUT2D eigenvalue weighted by atomic mass is 19.1. The van der Waals surface area contributed by atoms with Crippen LogP contribution in [0.2, 0.25) is 0 Å². The van der Waals surface area contributed by atoms with E-state index >= 15 is 0 Å². The number of aryl methyl sites for hydroxylation is 1. The van der Waals surface area contributed by atoms with Gasteiger partial charge >= 0.3 is 0 Å². The Morgan fingerprint density at radius 3 is 2.52 bits per heavy atom. The fourth-order valence-corrected chi connectivity index (χ4v) is 2.25. The Morgan fingerprint density at radius 2 is 1.78 bits per heavy atom. The average Bonchev–Trinajstić information content (AvgIpc) is 2.55. The van der Waals surface area contributed by atoms with Crippen LogP contribution in [0.1, 0.15) is 23.1 Å². The van der Waals surface area contributed by atoms with Crippen molar-refractivity contribution in [2.24, 2.45) is 0 Å². The van der Waals surface area contributed by atoms with E-state index in [1.807, 2.05) is 37.3 Å². The van der Waals surface area contributed by atoms with Crippen molar-refractivity contribution in [1.82, 2.24) is 10.6 Å². The fourth-order valence-electron chi connectivity index (χ4n) is 2.25. The molecule has 0 aliphatic carbocycles. The lowest BCUT2D eigenvalue weighted by Crippen LogP contribution is -2.28. The summed E-state index contributed by atoms with van der Waals surface area (Å²) < 4.78 is 13.4. The van der Waals surface area contributed by atoms with E-state index in [2.05, 4.69) is 10.6 Å². The molecule has 0 unspecified atom stereocenters. The molecule has 0 saturated carbocycles. The van der Waals surface area contributed by atoms with Crippen LogP contribution in [0, 0.1) is 12.7 Å². The van der Waals surface area contributed by atoms with Crippen molar-refractivity contribution < 1.29 is 9.18 Å². The largest absolute Gasteiger partial charge is 0.352 e. The highest BCUT2D eigenvalue weighted by Gasteiger charge is 2.02. The third kappa shape index (κ3) is 6.20. The lowest BCUT2D eigenvalue weighted by atomic mass is 10.1. The summed E-state index contributed by atoms with van der Waals surface area (Å²) in [6.45, 7) is 3.84. The number of carbonyl (C=O) groups is 1. The third-order valence-electron chi connectivity index (χ3n) is 3.67. The van der Waals surface area contributed by atoms with Gasteiger partial charge in [-0.3, -0.25) is 4.79 Å². The highest BCUT2D eigenvalue weighted by Crippen LogP contribution is 2.06. The summed E-state index contributed by atoms with van der Waals surface area (Å²) in [6, 6.07) is 14.9. The Bertz CT molecular complexity index is 626. The van der Waals surface area contributed by atoms with Crippen LogP contribution in [0.4, 0.5) is 4.39 Å². The molecule has 23 heavy (non-hydrogen) atoms. The summed E-state index contributed by atoms with van der Waals surface area (Å²) in [5.74, 6) is -0.158. The summed E-state index contributed by atoms with van der Waals surface area (Å²) in [5, 5.41) is 6.07. The van der Waals surface area contributed by atoms with Crippen LogP contribution in [-0.2, 0) is 17.8 Å². The van der Waals surface area contributed by atoms with E-state index in [1.54, 1.807) is 12.1 Å². The molecule has 0 fully saturated rings. The first-order valence-electron chi connectivity index (χ1n) is 7.91. The van der Waals surface area contributed by atoms with E-state index in [1.165, 1.54) is 11.6 Å². The highest BCUT2D eigenvalue weighted by molar-refractivity contribution is 5.76. The van der Waals surface area contributed by atoms with E-state index in [0.717, 1.165) is 5.56 Å². The summed E-state index contributed by atoms with van der Waals surface area (Å²) in [7, 11) is 0. The van der Waals surface area contributed by atoms with Crippen LogP contribution < -0.4 is 10.6 Å². The van der Waals surface area contributed by atoms with E-state index in [-0.39, 0.29) is 11.7 Å². The molecule has 0 atom stereocenters. The number of hydrogen-bond donors (Lipinski definition) is 2. The van der Waals surface area contributed by atoms with E-state index < -0.39 is 0 Å². The first kappa shape index (κ1) is 17.2. The molecule has 0 heterocycles. The van der Waals surface area contributed by atoms with Crippen molar-refractivity contribution in [3.05, 3.63) is 71.0 Å². The molecule has 0 saturated heterocycles. The zero-order valence-electron chi connectivity index (χ0n) is 13.4. The van der Waals surface area contributed by atoms with Gasteiger partial charge in [0.05, 0.1) is 0 Å². The Kier molecular flexibility index (Phi) is 6.76. The Hall–Kier alpha value is -2.20. The average molecular weight is 314 g/mol. The molecule has 0 aliphatic heterocycles. The van der Waals surface area contributed by atoms with Gasteiger partial charge in [0, 0.05) is 19.5 Å². The number of amides is 1. The van der Waals surface area contributed by atoms with Crippen LogP contribution in [0.15, 0.2) is 48.5 Å². The summed E-state index contributed by atoms with van der Waals surface area (Å²) in [6.07, 6.45) is 1.04. The molecule has 2 aromatic rings. The molecule has 3 nitrogen and oxygen atoms in total. The summed E-state index contributed by atoms with van der Waals surface area (Å²) in [4.78, 5) is 11.8. The normalized spacial score (nSPS) is 10.5. The van der Waals surface area contributed by atoms with Gasteiger partial charge in [0.25, 0.3) is 0 Å². The van der Waals surface area contributed by atoms with Gasteiger partial charge in [0.15, 0.2) is 0 Å². The number of rotatable bonds is 8. The predicted molar refractivity (Wildman–Crippen MR) is 90.6 cm³/mol. The van der Waals surface area contributed by atoms with Gasteiger partial charge in [-0.2, -0.15) is 0 Å². The minimum Gasteiger partial charge on any atom is -0.352 e. The lowest BCUT2D eigenvalue weighted by Gasteiger charge is -2.07. The zero-order valence-corrected chi connectivity index (χ0v) is 13.4. The molecular formula is C19H23FN2O. The van der Waals surface area contributed by atoms with Crippen LogP contribution >= 0.6 is 0 Å². The summed E-state index contributed by atoms with van der Waals surface area (Å²) in [5.41, 5.74) is 3.00. The first-order chi connectivity index (χ1) is 11.1. The van der Waals surface area contributed by atoms with Gasteiger partial charge in [0.2, 0.25) is 5.91 Å². The van der Waals surface area contributed by atoms with Gasteiger partial charge in [-0.1, -0.05) is 48.0 Å². The topological polar surface area (TPSA) is 41.1 Å². The van der Waals surface area contributed by atoms with Crippen molar-refractivity contribution in [3.8, 4) is 0 Å². The predicted octanol–water partition coefficient (Wildman–Crippen LogP) is 2.97. The van der Waals surface area contributed by atoms with Gasteiger partial charge in [-0.15, -0.1) is 0 Å². The Balaban J connectivity index is 1.58. The van der Waals surface area contributed by atoms with Crippen molar-refractivity contribution in [1.29, 1.82) is 0 Å². The van der Waals surface area contributed by atoms with Crippen LogP contribution in [0.25, 0.3) is 0 Å². The number of nitrogens with one attached hydrogen (secondary N) is 2. The van der Waals surface area contributed by atoms with Crippen molar-refractivity contribution in [2.75, 3.05) is 13.1 Å². The third-order valence-corrected chi connectivity index (χ3v) is 3.67. The molecule has 2 N–H and O–H groups in total. The van der Waals surface area contributed by atoms with Crippen molar-refractivity contribution in [2.45, 2.75) is 26.3 Å². The molecule has 122 valence electrons. The van der Waals surface area contributed by atoms with Gasteiger partial charge < -0.3 is 10.6 Å². The van der Waals surface area contributed by atoms with Crippen LogP contribution in [-0.4, -0.2) is 19.0 Å². The lowest BCUT2D eigenvalue weighted by molar-refractivity contribution is -0.121. The maximum absolute atomic E-state index is 13.4. The maximum atomic E-state index is 13.4.